The fourth-order valence-corrected chi connectivity index (χ4v) is 3.37. The summed E-state index contributed by atoms with van der Waals surface area (Å²) in [6.45, 7) is 0. The van der Waals surface area contributed by atoms with E-state index in [0.717, 1.165) is 22.6 Å². The zero-order chi connectivity index (χ0) is 22.3. The highest BCUT2D eigenvalue weighted by Gasteiger charge is 2.15. The molecule has 6 nitrogen and oxygen atoms in total. The van der Waals surface area contributed by atoms with E-state index >= 15 is 0 Å². The Morgan fingerprint density at radius 3 is 2.25 bits per heavy atom. The number of fused-ring (bicyclic) bond motifs is 1. The quantitative estimate of drug-likeness (QED) is 0.440. The lowest BCUT2D eigenvalue weighted by molar-refractivity contribution is -0.109. The number of anilines is 1. The Morgan fingerprint density at radius 2 is 1.53 bits per heavy atom. The van der Waals surface area contributed by atoms with Gasteiger partial charge in [0.1, 0.15) is 12.1 Å². The summed E-state index contributed by atoms with van der Waals surface area (Å²) in [5, 5.41) is 7.46. The third-order valence-corrected chi connectivity index (χ3v) is 5.06. The fraction of sp³-hybridized carbons (Fsp3) is 0.0769. The van der Waals surface area contributed by atoms with Crippen LogP contribution < -0.4 is 10.6 Å². The molecule has 4 rings (SSSR count). The molecule has 3 aromatic carbocycles. The molecule has 0 aliphatic rings. The Bertz CT molecular complexity index is 1250. The van der Waals surface area contributed by atoms with E-state index in [1.165, 1.54) is 6.20 Å². The van der Waals surface area contributed by atoms with Crippen LogP contribution in [0.1, 0.15) is 26.3 Å². The van der Waals surface area contributed by atoms with Gasteiger partial charge in [-0.05, 0) is 47.0 Å². The fourth-order valence-electron chi connectivity index (χ4n) is 3.37. The maximum absolute atomic E-state index is 12.6. The molecule has 0 spiro atoms. The lowest BCUT2D eigenvalue weighted by Crippen LogP contribution is -2.37. The summed E-state index contributed by atoms with van der Waals surface area (Å²) in [7, 11) is 0. The van der Waals surface area contributed by atoms with E-state index in [-0.39, 0.29) is 5.91 Å². The summed E-state index contributed by atoms with van der Waals surface area (Å²) in [4.78, 5) is 40.6. The van der Waals surface area contributed by atoms with Gasteiger partial charge in [0, 0.05) is 11.8 Å². The summed E-state index contributed by atoms with van der Waals surface area (Å²) in [6.07, 6.45) is 2.50. The minimum atomic E-state index is -0.641. The first-order chi connectivity index (χ1) is 15.6. The molecule has 32 heavy (non-hydrogen) atoms. The van der Waals surface area contributed by atoms with Gasteiger partial charge < -0.3 is 15.4 Å². The molecule has 1 heterocycles. The number of carbonyl (C=O) groups is 3. The smallest absolute Gasteiger partial charge is 0.256 e. The Labute approximate surface area is 185 Å². The Hall–Kier alpha value is -4.32. The van der Waals surface area contributed by atoms with E-state index < -0.39 is 11.9 Å². The number of amides is 2. The predicted octanol–water partition coefficient (Wildman–Crippen LogP) is 4.03. The van der Waals surface area contributed by atoms with Crippen LogP contribution in [-0.4, -0.2) is 29.1 Å². The standard InChI is InChI=1S/C26H21N3O3/c30-17-23(14-18-6-2-1-3-7-18)28-26(32)22-12-13-24(27-16-22)29-25(31)21-11-10-19-8-4-5-9-20(19)15-21/h1-13,15-17,23H,14H2,(H,28,32)(H,27,29,31). The number of rotatable bonds is 7. The van der Waals surface area contributed by atoms with Crippen molar-refractivity contribution in [2.75, 3.05) is 5.32 Å². The Kier molecular flexibility index (Phi) is 6.32. The second-order valence-corrected chi connectivity index (χ2v) is 7.35. The van der Waals surface area contributed by atoms with Crippen molar-refractivity contribution >= 4 is 34.7 Å². The molecule has 158 valence electrons. The molecule has 1 atom stereocenters. The van der Waals surface area contributed by atoms with Crippen LogP contribution in [0.5, 0.6) is 0 Å². The maximum atomic E-state index is 12.6. The van der Waals surface area contributed by atoms with Crippen LogP contribution in [-0.2, 0) is 11.2 Å². The van der Waals surface area contributed by atoms with Gasteiger partial charge in [0.25, 0.3) is 11.8 Å². The van der Waals surface area contributed by atoms with E-state index in [1.54, 1.807) is 18.2 Å². The van der Waals surface area contributed by atoms with Crippen LogP contribution in [0.25, 0.3) is 10.8 Å². The molecule has 0 saturated carbocycles. The zero-order valence-corrected chi connectivity index (χ0v) is 17.2. The van der Waals surface area contributed by atoms with E-state index in [2.05, 4.69) is 15.6 Å². The Balaban J connectivity index is 1.38. The molecule has 2 N–H and O–H groups in total. The first kappa shape index (κ1) is 20.9. The molecule has 6 heteroatoms. The summed E-state index contributed by atoms with van der Waals surface area (Å²) >= 11 is 0. The molecular weight excluding hydrogens is 402 g/mol. The van der Waals surface area contributed by atoms with Crippen molar-refractivity contribution in [2.45, 2.75) is 12.5 Å². The van der Waals surface area contributed by atoms with Crippen LogP contribution in [0.15, 0.2) is 91.1 Å². The van der Waals surface area contributed by atoms with E-state index in [1.807, 2.05) is 66.7 Å². The van der Waals surface area contributed by atoms with Crippen LogP contribution in [0, 0.1) is 0 Å². The third-order valence-electron chi connectivity index (χ3n) is 5.06. The SMILES string of the molecule is O=CC(Cc1ccccc1)NC(=O)c1ccc(NC(=O)c2ccc3ccccc3c2)nc1. The highest BCUT2D eigenvalue weighted by atomic mass is 16.2. The average Bonchev–Trinajstić information content (AvgIpc) is 2.84. The highest BCUT2D eigenvalue weighted by molar-refractivity contribution is 6.06. The molecule has 2 amide bonds. The van der Waals surface area contributed by atoms with Crippen molar-refractivity contribution in [1.29, 1.82) is 0 Å². The number of aromatic nitrogens is 1. The highest BCUT2D eigenvalue weighted by Crippen LogP contribution is 2.17. The van der Waals surface area contributed by atoms with Gasteiger partial charge in [0.15, 0.2) is 0 Å². The van der Waals surface area contributed by atoms with Gasteiger partial charge in [-0.1, -0.05) is 60.7 Å². The van der Waals surface area contributed by atoms with Gasteiger partial charge in [0.2, 0.25) is 0 Å². The van der Waals surface area contributed by atoms with Gasteiger partial charge in [-0.25, -0.2) is 4.98 Å². The number of hydrogen-bond donors (Lipinski definition) is 2. The monoisotopic (exact) mass is 423 g/mol. The van der Waals surface area contributed by atoms with Gasteiger partial charge in [-0.3, -0.25) is 9.59 Å². The normalized spacial score (nSPS) is 11.5. The Morgan fingerprint density at radius 1 is 0.812 bits per heavy atom. The van der Waals surface area contributed by atoms with Crippen molar-refractivity contribution in [1.82, 2.24) is 10.3 Å². The second-order valence-electron chi connectivity index (χ2n) is 7.35. The van der Waals surface area contributed by atoms with E-state index in [9.17, 15) is 14.4 Å². The molecule has 0 aliphatic heterocycles. The molecule has 1 aromatic heterocycles. The molecule has 0 bridgehead atoms. The molecule has 4 aromatic rings. The molecule has 1 unspecified atom stereocenters. The zero-order valence-electron chi connectivity index (χ0n) is 17.2. The summed E-state index contributed by atoms with van der Waals surface area (Å²) in [5.74, 6) is -0.363. The van der Waals surface area contributed by atoms with Gasteiger partial charge >= 0.3 is 0 Å². The molecular formula is C26H21N3O3. The number of nitrogens with one attached hydrogen (secondary N) is 2. The van der Waals surface area contributed by atoms with E-state index in [0.29, 0.717) is 23.4 Å². The van der Waals surface area contributed by atoms with Crippen molar-refractivity contribution in [3.05, 3.63) is 108 Å². The molecule has 0 fully saturated rings. The number of carbonyl (C=O) groups excluding carboxylic acids is 3. The van der Waals surface area contributed by atoms with Gasteiger partial charge in [0.05, 0.1) is 11.6 Å². The van der Waals surface area contributed by atoms with Crippen LogP contribution in [0.3, 0.4) is 0 Å². The lowest BCUT2D eigenvalue weighted by Gasteiger charge is -2.13. The topological polar surface area (TPSA) is 88.2 Å². The first-order valence-electron chi connectivity index (χ1n) is 10.2. The average molecular weight is 423 g/mol. The molecule has 0 radical (unpaired) electrons. The van der Waals surface area contributed by atoms with Gasteiger partial charge in [-0.2, -0.15) is 0 Å². The number of hydrogen-bond acceptors (Lipinski definition) is 4. The lowest BCUT2D eigenvalue weighted by atomic mass is 10.1. The second kappa shape index (κ2) is 9.66. The largest absolute Gasteiger partial charge is 0.342 e. The third kappa shape index (κ3) is 5.05. The van der Waals surface area contributed by atoms with Crippen LogP contribution >= 0.6 is 0 Å². The summed E-state index contributed by atoms with van der Waals surface area (Å²) < 4.78 is 0. The van der Waals surface area contributed by atoms with Crippen LogP contribution in [0.4, 0.5) is 5.82 Å². The summed E-state index contributed by atoms with van der Waals surface area (Å²) in [5.41, 5.74) is 1.77. The number of pyridine rings is 1. The minimum Gasteiger partial charge on any atom is -0.342 e. The van der Waals surface area contributed by atoms with E-state index in [4.69, 9.17) is 0 Å². The number of nitrogens with zero attached hydrogens (tertiary/aromatic N) is 1. The molecule has 0 saturated heterocycles. The minimum absolute atomic E-state index is 0.288. The van der Waals surface area contributed by atoms with Crippen molar-refractivity contribution in [2.24, 2.45) is 0 Å². The van der Waals surface area contributed by atoms with Crippen LogP contribution in [0.2, 0.25) is 0 Å². The van der Waals surface area contributed by atoms with Crippen molar-refractivity contribution in [3.63, 3.8) is 0 Å². The van der Waals surface area contributed by atoms with Gasteiger partial charge in [-0.15, -0.1) is 0 Å². The number of benzene rings is 3. The summed E-state index contributed by atoms with van der Waals surface area (Å²) in [6, 6.07) is 25.2. The predicted molar refractivity (Wildman–Crippen MR) is 124 cm³/mol. The first-order valence-corrected chi connectivity index (χ1v) is 10.2. The van der Waals surface area contributed by atoms with Crippen molar-refractivity contribution in [3.8, 4) is 0 Å². The molecule has 0 aliphatic carbocycles. The maximum Gasteiger partial charge on any atom is 0.256 e. The van der Waals surface area contributed by atoms with Crippen molar-refractivity contribution < 1.29 is 14.4 Å². The number of aldehydes is 1.